The van der Waals surface area contributed by atoms with Gasteiger partial charge >= 0.3 is 0 Å². The lowest BCUT2D eigenvalue weighted by atomic mass is 9.85. The van der Waals surface area contributed by atoms with E-state index in [2.05, 4.69) is 89.9 Å². The van der Waals surface area contributed by atoms with Crippen molar-refractivity contribution in [1.82, 2.24) is 0 Å². The van der Waals surface area contributed by atoms with Crippen molar-refractivity contribution in [2.75, 3.05) is 5.01 Å². The van der Waals surface area contributed by atoms with Gasteiger partial charge in [0.2, 0.25) is 0 Å². The number of rotatable bonds is 2. The molecule has 5 rings (SSSR count). The number of anilines is 1. The third-order valence-electron chi connectivity index (χ3n) is 5.63. The fourth-order valence-corrected chi connectivity index (χ4v) is 4.44. The van der Waals surface area contributed by atoms with Gasteiger partial charge in [-0.15, -0.1) is 0 Å². The Kier molecular flexibility index (Phi) is 3.82. The van der Waals surface area contributed by atoms with Crippen molar-refractivity contribution in [2.24, 2.45) is 11.0 Å². The Morgan fingerprint density at radius 2 is 1.46 bits per heavy atom. The highest BCUT2D eigenvalue weighted by atomic mass is 15.5. The number of fused-ring (bicyclic) bond motifs is 3. The summed E-state index contributed by atoms with van der Waals surface area (Å²) in [5.74, 6) is 0.432. The van der Waals surface area contributed by atoms with Crippen molar-refractivity contribution in [3.8, 4) is 0 Å². The minimum atomic E-state index is 0.264. The van der Waals surface area contributed by atoms with E-state index in [0.717, 1.165) is 6.42 Å². The van der Waals surface area contributed by atoms with Crippen LogP contribution in [0.4, 0.5) is 5.69 Å². The topological polar surface area (TPSA) is 15.6 Å². The summed E-state index contributed by atoms with van der Waals surface area (Å²) in [6.07, 6.45) is 3.54. The number of benzene rings is 3. The second-order valence-corrected chi connectivity index (χ2v) is 7.18. The van der Waals surface area contributed by atoms with E-state index in [-0.39, 0.29) is 6.04 Å². The van der Waals surface area contributed by atoms with Gasteiger partial charge in [0.1, 0.15) is 0 Å². The highest BCUT2D eigenvalue weighted by Gasteiger charge is 2.40. The first kappa shape index (κ1) is 15.4. The Hall–Kier alpha value is -2.87. The van der Waals surface area contributed by atoms with E-state index >= 15 is 0 Å². The lowest BCUT2D eigenvalue weighted by Gasteiger charge is -2.28. The molecular formula is C24H22N2. The number of hydrazone groups is 1. The number of nitrogens with zero attached hydrogens (tertiary/aromatic N) is 2. The summed E-state index contributed by atoms with van der Waals surface area (Å²) in [4.78, 5) is 0. The van der Waals surface area contributed by atoms with Gasteiger partial charge < -0.3 is 0 Å². The van der Waals surface area contributed by atoms with Gasteiger partial charge in [-0.25, -0.2) is 0 Å². The molecule has 26 heavy (non-hydrogen) atoms. The van der Waals surface area contributed by atoms with Crippen molar-refractivity contribution < 1.29 is 0 Å². The van der Waals surface area contributed by atoms with Crippen molar-refractivity contribution in [1.29, 1.82) is 0 Å². The van der Waals surface area contributed by atoms with Crippen LogP contribution in [0.15, 0.2) is 90.0 Å². The van der Waals surface area contributed by atoms with Crippen LogP contribution in [0.25, 0.3) is 0 Å². The van der Waals surface area contributed by atoms with Gasteiger partial charge in [0.05, 0.1) is 17.4 Å². The van der Waals surface area contributed by atoms with Crippen LogP contribution in [0.2, 0.25) is 0 Å². The quantitative estimate of drug-likeness (QED) is 0.593. The molecular weight excluding hydrogens is 316 g/mol. The zero-order valence-corrected chi connectivity index (χ0v) is 14.8. The molecule has 1 aliphatic carbocycles. The van der Waals surface area contributed by atoms with Crippen molar-refractivity contribution in [2.45, 2.75) is 25.3 Å². The van der Waals surface area contributed by atoms with Crippen LogP contribution in [0.1, 0.15) is 35.6 Å². The third kappa shape index (κ3) is 2.53. The van der Waals surface area contributed by atoms with Crippen LogP contribution in [-0.4, -0.2) is 5.71 Å². The molecule has 2 atom stereocenters. The van der Waals surface area contributed by atoms with Gasteiger partial charge in [-0.05, 0) is 42.5 Å². The van der Waals surface area contributed by atoms with Crippen LogP contribution < -0.4 is 5.01 Å². The minimum absolute atomic E-state index is 0.264. The normalized spacial score (nSPS) is 21.5. The van der Waals surface area contributed by atoms with Crippen molar-refractivity contribution >= 4 is 11.4 Å². The van der Waals surface area contributed by atoms with Gasteiger partial charge in [0, 0.05) is 11.5 Å². The molecule has 0 spiro atoms. The molecule has 1 aliphatic heterocycles. The molecule has 128 valence electrons. The summed E-state index contributed by atoms with van der Waals surface area (Å²) in [6.45, 7) is 0. The summed E-state index contributed by atoms with van der Waals surface area (Å²) in [7, 11) is 0. The molecule has 0 saturated carbocycles. The van der Waals surface area contributed by atoms with Gasteiger partial charge in [0.25, 0.3) is 0 Å². The smallest absolute Gasteiger partial charge is 0.0860 e. The number of para-hydroxylation sites is 1. The maximum atomic E-state index is 5.19. The SMILES string of the molecule is c1ccc([C@H]2[C@@H]3CCCc4ccccc4C3=NN2c2ccccc2)cc1. The average Bonchev–Trinajstić information content (AvgIpc) is 2.99. The first-order valence-electron chi connectivity index (χ1n) is 9.48. The zero-order chi connectivity index (χ0) is 17.3. The monoisotopic (exact) mass is 338 g/mol. The van der Waals surface area contributed by atoms with Gasteiger partial charge in [-0.1, -0.05) is 72.8 Å². The van der Waals surface area contributed by atoms with Crippen molar-refractivity contribution in [3.05, 3.63) is 102 Å². The first-order valence-corrected chi connectivity index (χ1v) is 9.48. The number of hydrogen-bond acceptors (Lipinski definition) is 2. The molecule has 0 saturated heterocycles. The molecule has 0 aromatic heterocycles. The maximum absolute atomic E-state index is 5.19. The summed E-state index contributed by atoms with van der Waals surface area (Å²) >= 11 is 0. The van der Waals surface area contributed by atoms with E-state index in [4.69, 9.17) is 5.10 Å². The molecule has 0 bridgehead atoms. The molecule has 2 aliphatic rings. The van der Waals surface area contributed by atoms with Crippen LogP contribution in [0.3, 0.4) is 0 Å². The minimum Gasteiger partial charge on any atom is -0.257 e. The van der Waals surface area contributed by atoms with Crippen LogP contribution >= 0.6 is 0 Å². The summed E-state index contributed by atoms with van der Waals surface area (Å²) in [5, 5.41) is 7.44. The molecule has 0 radical (unpaired) electrons. The van der Waals surface area contributed by atoms with Gasteiger partial charge in [0.15, 0.2) is 0 Å². The Bertz CT molecular complexity index is 931. The Balaban J connectivity index is 1.68. The van der Waals surface area contributed by atoms with E-state index in [1.54, 1.807) is 0 Å². The Morgan fingerprint density at radius 3 is 2.27 bits per heavy atom. The Labute approximate surface area is 154 Å². The second kappa shape index (κ2) is 6.45. The molecule has 0 N–H and O–H groups in total. The molecule has 0 amide bonds. The molecule has 3 aromatic rings. The first-order chi connectivity index (χ1) is 12.9. The zero-order valence-electron chi connectivity index (χ0n) is 14.8. The lowest BCUT2D eigenvalue weighted by Crippen LogP contribution is -2.25. The highest BCUT2D eigenvalue weighted by molar-refractivity contribution is 6.06. The number of aryl methyl sites for hydroxylation is 1. The van der Waals surface area contributed by atoms with Crippen LogP contribution in [-0.2, 0) is 6.42 Å². The largest absolute Gasteiger partial charge is 0.257 e. The highest BCUT2D eigenvalue weighted by Crippen LogP contribution is 2.44. The molecule has 2 heteroatoms. The summed E-state index contributed by atoms with van der Waals surface area (Å²) in [6, 6.07) is 30.5. The van der Waals surface area contributed by atoms with Gasteiger partial charge in [-0.2, -0.15) is 5.10 Å². The fourth-order valence-electron chi connectivity index (χ4n) is 4.44. The molecule has 3 aromatic carbocycles. The summed E-state index contributed by atoms with van der Waals surface area (Å²) in [5.41, 5.74) is 6.56. The van der Waals surface area contributed by atoms with E-state index in [1.165, 1.54) is 40.9 Å². The fraction of sp³-hybridized carbons (Fsp3) is 0.208. The predicted molar refractivity (Wildman–Crippen MR) is 108 cm³/mol. The maximum Gasteiger partial charge on any atom is 0.0860 e. The molecule has 2 nitrogen and oxygen atoms in total. The van der Waals surface area contributed by atoms with E-state index in [0.29, 0.717) is 5.92 Å². The van der Waals surface area contributed by atoms with E-state index < -0.39 is 0 Å². The van der Waals surface area contributed by atoms with Crippen LogP contribution in [0, 0.1) is 5.92 Å². The third-order valence-corrected chi connectivity index (χ3v) is 5.63. The molecule has 1 heterocycles. The van der Waals surface area contributed by atoms with E-state index in [1.807, 2.05) is 0 Å². The molecule has 0 fully saturated rings. The standard InChI is InChI=1S/C24H22N2/c1-3-11-19(12-4-1)24-22-17-9-13-18-10-7-8-16-21(18)23(22)25-26(24)20-14-5-2-6-15-20/h1-8,10-12,14-16,22,24H,9,13,17H2/t22-,24+/m1/s1. The summed E-state index contributed by atoms with van der Waals surface area (Å²) < 4.78 is 0. The van der Waals surface area contributed by atoms with Gasteiger partial charge in [-0.3, -0.25) is 5.01 Å². The van der Waals surface area contributed by atoms with Crippen molar-refractivity contribution in [3.63, 3.8) is 0 Å². The molecule has 0 unspecified atom stereocenters. The predicted octanol–water partition coefficient (Wildman–Crippen LogP) is 5.60. The lowest BCUT2D eigenvalue weighted by molar-refractivity contribution is 0.505. The number of hydrogen-bond donors (Lipinski definition) is 0. The van der Waals surface area contributed by atoms with E-state index in [9.17, 15) is 0 Å². The van der Waals surface area contributed by atoms with Crippen LogP contribution in [0.5, 0.6) is 0 Å². The second-order valence-electron chi connectivity index (χ2n) is 7.18. The average molecular weight is 338 g/mol. The Morgan fingerprint density at radius 1 is 0.769 bits per heavy atom.